The smallest absolute Gasteiger partial charge is 0.353 e. The van der Waals surface area contributed by atoms with Gasteiger partial charge >= 0.3 is 5.97 Å². The van der Waals surface area contributed by atoms with Crippen molar-refractivity contribution >= 4 is 41.1 Å². The van der Waals surface area contributed by atoms with Crippen molar-refractivity contribution in [2.24, 2.45) is 11.8 Å². The van der Waals surface area contributed by atoms with Crippen molar-refractivity contribution in [2.45, 2.75) is 39.0 Å². The van der Waals surface area contributed by atoms with Crippen LogP contribution in [0.15, 0.2) is 21.5 Å². The van der Waals surface area contributed by atoms with Crippen LogP contribution in [0.3, 0.4) is 0 Å². The number of carbonyl (C=O) groups is 2. The third-order valence-corrected chi connectivity index (χ3v) is 7.01. The molecule has 3 N–H and O–H groups in total. The number of hydrogen-bond acceptors (Lipinski definition) is 8. The lowest BCUT2D eigenvalue weighted by molar-refractivity contribution is -0.163. The molecule has 3 heterocycles. The van der Waals surface area contributed by atoms with Gasteiger partial charge in [-0.1, -0.05) is 18.7 Å². The number of nitrogens with zero attached hydrogens (tertiary/aromatic N) is 2. The van der Waals surface area contributed by atoms with Gasteiger partial charge in [-0.25, -0.2) is 9.78 Å². The second-order valence-electron chi connectivity index (χ2n) is 6.99. The highest BCUT2D eigenvalue weighted by Crippen LogP contribution is 2.50. The number of β-lactam (4-membered cyclic amide) rings is 1. The highest BCUT2D eigenvalue weighted by Gasteiger charge is 2.59. The number of aromatic nitrogens is 1. The standard InChI is InChI=1S/C19H24N2O6S2/c1-10-15-14(11(2)23)18(24)21(15)16(19(25)26)17(10)28-7-4-13-12(20-9-29-13)8-27-6-3-5-22/h4,7,9-11,14-15,22-23H,3,5-6,8H2,1-2H3,(H,25,26)/b7-4-/t10-,11-,14-,15-/m1/s1. The molecule has 0 aliphatic carbocycles. The molecule has 8 nitrogen and oxygen atoms in total. The lowest BCUT2D eigenvalue weighted by Crippen LogP contribution is -2.63. The highest BCUT2D eigenvalue weighted by molar-refractivity contribution is 8.06. The monoisotopic (exact) mass is 440 g/mol. The molecule has 3 rings (SSSR count). The minimum Gasteiger partial charge on any atom is -0.477 e. The molecule has 1 amide bonds. The Balaban J connectivity index is 1.71. The van der Waals surface area contributed by atoms with Crippen LogP contribution in [0.2, 0.25) is 0 Å². The zero-order chi connectivity index (χ0) is 21.1. The molecule has 4 atom stereocenters. The number of ether oxygens (including phenoxy) is 1. The van der Waals surface area contributed by atoms with Gasteiger partial charge in [-0.2, -0.15) is 0 Å². The van der Waals surface area contributed by atoms with E-state index in [1.165, 1.54) is 28.0 Å². The summed E-state index contributed by atoms with van der Waals surface area (Å²) in [5, 5.41) is 30.1. The second-order valence-corrected chi connectivity index (χ2v) is 8.82. The predicted octanol–water partition coefficient (Wildman–Crippen LogP) is 1.90. The number of fused-ring (bicyclic) bond motifs is 1. The maximum absolute atomic E-state index is 12.3. The number of carboxylic acid groups (broad SMARTS) is 1. The van der Waals surface area contributed by atoms with Crippen LogP contribution in [0.25, 0.3) is 6.08 Å². The number of aliphatic hydroxyl groups is 2. The van der Waals surface area contributed by atoms with Crippen molar-refractivity contribution < 1.29 is 29.6 Å². The zero-order valence-electron chi connectivity index (χ0n) is 16.1. The Morgan fingerprint density at radius 3 is 2.93 bits per heavy atom. The fourth-order valence-electron chi connectivity index (χ4n) is 3.71. The SMILES string of the molecule is C[C@@H](O)[C@H]1C(=O)N2C(C(=O)O)=C(S/C=C\c3scnc3COCCCO)[C@H](C)[C@H]12. The molecular weight excluding hydrogens is 416 g/mol. The molecule has 0 aromatic carbocycles. The molecule has 0 bridgehead atoms. The molecule has 2 aliphatic heterocycles. The summed E-state index contributed by atoms with van der Waals surface area (Å²) in [6, 6.07) is -0.316. The maximum atomic E-state index is 12.3. The Morgan fingerprint density at radius 2 is 2.28 bits per heavy atom. The average molecular weight is 441 g/mol. The molecule has 10 heteroatoms. The Kier molecular flexibility index (Phi) is 7.12. The van der Waals surface area contributed by atoms with Gasteiger partial charge in [-0.05, 0) is 24.8 Å². The largest absolute Gasteiger partial charge is 0.477 e. The number of thioether (sulfide) groups is 1. The Labute approximate surface area is 176 Å². The number of hydrogen-bond donors (Lipinski definition) is 3. The number of carbonyl (C=O) groups excluding carboxylic acids is 1. The molecule has 0 spiro atoms. The predicted molar refractivity (Wildman–Crippen MR) is 110 cm³/mol. The summed E-state index contributed by atoms with van der Waals surface area (Å²) in [4.78, 5) is 31.3. The Morgan fingerprint density at radius 1 is 1.52 bits per heavy atom. The van der Waals surface area contributed by atoms with Crippen LogP contribution in [0.4, 0.5) is 0 Å². The second kappa shape index (κ2) is 9.40. The molecule has 0 radical (unpaired) electrons. The first-order valence-corrected chi connectivity index (χ1v) is 11.1. The van der Waals surface area contributed by atoms with E-state index in [1.54, 1.807) is 17.8 Å². The van der Waals surface area contributed by atoms with Gasteiger partial charge in [-0.3, -0.25) is 4.79 Å². The number of amides is 1. The molecule has 1 aromatic heterocycles. The molecule has 1 fully saturated rings. The third-order valence-electron chi connectivity index (χ3n) is 5.08. The molecule has 29 heavy (non-hydrogen) atoms. The lowest BCUT2D eigenvalue weighted by atomic mass is 9.79. The van der Waals surface area contributed by atoms with Gasteiger partial charge < -0.3 is 25.0 Å². The van der Waals surface area contributed by atoms with Crippen LogP contribution < -0.4 is 0 Å². The van der Waals surface area contributed by atoms with Crippen molar-refractivity contribution in [3.63, 3.8) is 0 Å². The van der Waals surface area contributed by atoms with E-state index in [1.807, 2.05) is 13.0 Å². The number of aliphatic carboxylic acids is 1. The first kappa shape index (κ1) is 22.0. The average Bonchev–Trinajstić information content (AvgIpc) is 3.20. The van der Waals surface area contributed by atoms with Gasteiger partial charge in [0.25, 0.3) is 0 Å². The van der Waals surface area contributed by atoms with Gasteiger partial charge in [-0.15, -0.1) is 11.3 Å². The fraction of sp³-hybridized carbons (Fsp3) is 0.526. The Bertz CT molecular complexity index is 834. The molecule has 0 saturated carbocycles. The number of aliphatic hydroxyl groups excluding tert-OH is 2. The van der Waals surface area contributed by atoms with E-state index in [4.69, 9.17) is 9.84 Å². The van der Waals surface area contributed by atoms with Crippen molar-refractivity contribution in [3.8, 4) is 0 Å². The van der Waals surface area contributed by atoms with Crippen LogP contribution in [0.5, 0.6) is 0 Å². The fourth-order valence-corrected chi connectivity index (χ4v) is 5.48. The van der Waals surface area contributed by atoms with E-state index in [0.717, 1.165) is 10.6 Å². The molecular formula is C19H24N2O6S2. The van der Waals surface area contributed by atoms with E-state index < -0.39 is 18.0 Å². The summed E-state index contributed by atoms with van der Waals surface area (Å²) in [6.45, 7) is 4.32. The first-order valence-electron chi connectivity index (χ1n) is 9.31. The molecule has 0 unspecified atom stereocenters. The number of carboxylic acids is 1. The third kappa shape index (κ3) is 4.26. The zero-order valence-corrected chi connectivity index (χ0v) is 17.8. The molecule has 1 saturated heterocycles. The normalized spacial score (nSPS) is 24.9. The van der Waals surface area contributed by atoms with Gasteiger partial charge in [0.2, 0.25) is 5.91 Å². The van der Waals surface area contributed by atoms with Gasteiger partial charge in [0.05, 0.1) is 40.8 Å². The summed E-state index contributed by atoms with van der Waals surface area (Å²) < 4.78 is 5.48. The van der Waals surface area contributed by atoms with Crippen LogP contribution in [0, 0.1) is 11.8 Å². The molecule has 1 aromatic rings. The van der Waals surface area contributed by atoms with Gasteiger partial charge in [0.1, 0.15) is 5.70 Å². The van der Waals surface area contributed by atoms with Gasteiger partial charge in [0.15, 0.2) is 0 Å². The highest BCUT2D eigenvalue weighted by atomic mass is 32.2. The molecule has 2 aliphatic rings. The van der Waals surface area contributed by atoms with E-state index >= 15 is 0 Å². The Hall–Kier alpha value is -1.72. The van der Waals surface area contributed by atoms with Crippen LogP contribution in [0.1, 0.15) is 30.8 Å². The van der Waals surface area contributed by atoms with Crippen LogP contribution >= 0.6 is 23.1 Å². The van der Waals surface area contributed by atoms with Crippen molar-refractivity contribution in [1.82, 2.24) is 9.88 Å². The lowest BCUT2D eigenvalue weighted by Gasteiger charge is -2.46. The van der Waals surface area contributed by atoms with E-state index in [2.05, 4.69) is 4.98 Å². The quantitative estimate of drug-likeness (QED) is 0.373. The summed E-state index contributed by atoms with van der Waals surface area (Å²) in [5.41, 5.74) is 2.51. The van der Waals surface area contributed by atoms with Gasteiger partial charge in [0, 0.05) is 24.0 Å². The van der Waals surface area contributed by atoms with E-state index in [9.17, 15) is 19.8 Å². The molecule has 158 valence electrons. The van der Waals surface area contributed by atoms with E-state index in [-0.39, 0.29) is 30.2 Å². The summed E-state index contributed by atoms with van der Waals surface area (Å²) in [5.74, 6) is -2.21. The van der Waals surface area contributed by atoms with Crippen LogP contribution in [-0.2, 0) is 20.9 Å². The van der Waals surface area contributed by atoms with Crippen molar-refractivity contribution in [1.29, 1.82) is 0 Å². The minimum atomic E-state index is -1.14. The number of thiazole rings is 1. The van der Waals surface area contributed by atoms with Crippen LogP contribution in [-0.4, -0.2) is 62.4 Å². The van der Waals surface area contributed by atoms with Crippen molar-refractivity contribution in [2.75, 3.05) is 13.2 Å². The minimum absolute atomic E-state index is 0.0101. The van der Waals surface area contributed by atoms with Crippen molar-refractivity contribution in [3.05, 3.63) is 32.1 Å². The number of rotatable bonds is 10. The maximum Gasteiger partial charge on any atom is 0.353 e. The summed E-state index contributed by atoms with van der Waals surface area (Å²) >= 11 is 2.73. The summed E-state index contributed by atoms with van der Waals surface area (Å²) in [7, 11) is 0. The van der Waals surface area contributed by atoms with E-state index in [0.29, 0.717) is 24.5 Å². The topological polar surface area (TPSA) is 120 Å². The summed E-state index contributed by atoms with van der Waals surface area (Å²) in [6.07, 6.45) is 1.61. The first-order chi connectivity index (χ1) is 13.9.